The third kappa shape index (κ3) is 1.94. The van der Waals surface area contributed by atoms with Crippen LogP contribution in [0, 0.1) is 11.8 Å². The number of ether oxygens (including phenoxy) is 1. The van der Waals surface area contributed by atoms with Gasteiger partial charge in [0.05, 0.1) is 12.7 Å². The quantitative estimate of drug-likeness (QED) is 0.665. The first-order valence-electron chi connectivity index (χ1n) is 4.62. The molecule has 0 aromatic heterocycles. The van der Waals surface area contributed by atoms with Crippen LogP contribution in [0.25, 0.3) is 0 Å². The van der Waals surface area contributed by atoms with Crippen molar-refractivity contribution in [1.82, 2.24) is 0 Å². The van der Waals surface area contributed by atoms with E-state index >= 15 is 0 Å². The maximum Gasteiger partial charge on any atom is 0.0593 e. The van der Waals surface area contributed by atoms with E-state index < -0.39 is 0 Å². The van der Waals surface area contributed by atoms with Crippen LogP contribution >= 0.6 is 0 Å². The highest BCUT2D eigenvalue weighted by Gasteiger charge is 2.30. The molecule has 2 rings (SSSR count). The van der Waals surface area contributed by atoms with Crippen LogP contribution in [0.4, 0.5) is 0 Å². The van der Waals surface area contributed by atoms with Gasteiger partial charge in [-0.25, -0.2) is 0 Å². The highest BCUT2D eigenvalue weighted by Crippen LogP contribution is 2.35. The van der Waals surface area contributed by atoms with E-state index in [4.69, 9.17) is 4.74 Å². The first-order chi connectivity index (χ1) is 5.36. The highest BCUT2D eigenvalue weighted by molar-refractivity contribution is 4.81. The molecule has 1 aliphatic carbocycles. The summed E-state index contributed by atoms with van der Waals surface area (Å²) in [5, 5.41) is 9.68. The van der Waals surface area contributed by atoms with Gasteiger partial charge >= 0.3 is 0 Å². The molecule has 1 saturated carbocycles. The monoisotopic (exact) mass is 156 g/mol. The largest absolute Gasteiger partial charge is 0.393 e. The molecule has 2 nitrogen and oxygen atoms in total. The fraction of sp³-hybridized carbons (Fsp3) is 1.00. The van der Waals surface area contributed by atoms with E-state index in [0.29, 0.717) is 5.92 Å². The Kier molecular flexibility index (Phi) is 2.14. The molecule has 1 aliphatic heterocycles. The van der Waals surface area contributed by atoms with Gasteiger partial charge in [-0.1, -0.05) is 12.8 Å². The molecule has 64 valence electrons. The summed E-state index contributed by atoms with van der Waals surface area (Å²) in [5.41, 5.74) is 0. The molecule has 2 aliphatic rings. The second-order valence-corrected chi connectivity index (χ2v) is 3.87. The van der Waals surface area contributed by atoms with Crippen LogP contribution in [0.1, 0.15) is 25.7 Å². The summed E-state index contributed by atoms with van der Waals surface area (Å²) >= 11 is 0. The maximum atomic E-state index is 9.68. The Morgan fingerprint density at radius 1 is 1.36 bits per heavy atom. The Balaban J connectivity index is 1.73. The fourth-order valence-corrected chi connectivity index (χ4v) is 1.74. The van der Waals surface area contributed by atoms with Crippen molar-refractivity contribution in [2.75, 3.05) is 13.2 Å². The molecule has 0 aromatic rings. The molecular formula is C9H16O2. The summed E-state index contributed by atoms with van der Waals surface area (Å²) in [6.45, 7) is 1.64. The van der Waals surface area contributed by atoms with Gasteiger partial charge in [0.2, 0.25) is 0 Å². The van der Waals surface area contributed by atoms with E-state index in [0.717, 1.165) is 32.0 Å². The molecule has 2 atom stereocenters. The van der Waals surface area contributed by atoms with Crippen molar-refractivity contribution in [2.24, 2.45) is 11.8 Å². The average molecular weight is 156 g/mol. The molecule has 11 heavy (non-hydrogen) atoms. The minimum atomic E-state index is -0.0787. The summed E-state index contributed by atoms with van der Waals surface area (Å²) in [6.07, 6.45) is 4.68. The molecule has 2 unspecified atom stereocenters. The fourth-order valence-electron chi connectivity index (χ4n) is 1.74. The minimum absolute atomic E-state index is 0.0787. The van der Waals surface area contributed by atoms with Crippen LogP contribution in [-0.4, -0.2) is 24.4 Å². The number of aliphatic hydroxyl groups excluding tert-OH is 1. The Labute approximate surface area is 67.6 Å². The van der Waals surface area contributed by atoms with Crippen molar-refractivity contribution >= 4 is 0 Å². The average Bonchev–Trinajstić information content (AvgIpc) is 2.67. The molecule has 2 fully saturated rings. The number of aliphatic hydroxyl groups is 1. The van der Waals surface area contributed by atoms with E-state index in [1.807, 2.05) is 0 Å². The molecule has 0 amide bonds. The van der Waals surface area contributed by atoms with Crippen LogP contribution in [0.5, 0.6) is 0 Å². The van der Waals surface area contributed by atoms with E-state index in [1.165, 1.54) is 12.8 Å². The zero-order valence-electron chi connectivity index (χ0n) is 6.83. The summed E-state index contributed by atoms with van der Waals surface area (Å²) in [4.78, 5) is 0. The molecular weight excluding hydrogens is 140 g/mol. The molecule has 0 spiro atoms. The predicted octanol–water partition coefficient (Wildman–Crippen LogP) is 1.18. The van der Waals surface area contributed by atoms with E-state index in [1.54, 1.807) is 0 Å². The lowest BCUT2D eigenvalue weighted by Gasteiger charge is -2.15. The van der Waals surface area contributed by atoms with Crippen molar-refractivity contribution in [1.29, 1.82) is 0 Å². The second-order valence-electron chi connectivity index (χ2n) is 3.87. The van der Waals surface area contributed by atoms with Gasteiger partial charge in [0.1, 0.15) is 0 Å². The lowest BCUT2D eigenvalue weighted by atomic mass is 9.97. The summed E-state index contributed by atoms with van der Waals surface area (Å²) in [6, 6.07) is 0. The van der Waals surface area contributed by atoms with Gasteiger partial charge in [0.15, 0.2) is 0 Å². The third-order valence-corrected chi connectivity index (χ3v) is 2.78. The van der Waals surface area contributed by atoms with E-state index in [2.05, 4.69) is 0 Å². The lowest BCUT2D eigenvalue weighted by Crippen LogP contribution is -2.20. The number of rotatable bonds is 3. The SMILES string of the molecule is OC(CC1CC1)C1CCOC1. The molecule has 0 aromatic carbocycles. The Morgan fingerprint density at radius 3 is 2.73 bits per heavy atom. The zero-order chi connectivity index (χ0) is 7.68. The first-order valence-corrected chi connectivity index (χ1v) is 4.62. The molecule has 0 bridgehead atoms. The van der Waals surface area contributed by atoms with Crippen molar-refractivity contribution in [3.8, 4) is 0 Å². The number of hydrogen-bond donors (Lipinski definition) is 1. The van der Waals surface area contributed by atoms with Crippen LogP contribution in [0.15, 0.2) is 0 Å². The molecule has 1 heterocycles. The van der Waals surface area contributed by atoms with E-state index in [9.17, 15) is 5.11 Å². The summed E-state index contributed by atoms with van der Waals surface area (Å²) in [7, 11) is 0. The molecule has 0 radical (unpaired) electrons. The second kappa shape index (κ2) is 3.11. The smallest absolute Gasteiger partial charge is 0.0593 e. The van der Waals surface area contributed by atoms with Gasteiger partial charge < -0.3 is 9.84 Å². The van der Waals surface area contributed by atoms with Crippen LogP contribution in [0.2, 0.25) is 0 Å². The highest BCUT2D eigenvalue weighted by atomic mass is 16.5. The van der Waals surface area contributed by atoms with Crippen LogP contribution < -0.4 is 0 Å². The maximum absolute atomic E-state index is 9.68. The summed E-state index contributed by atoms with van der Waals surface area (Å²) in [5.74, 6) is 1.28. The van der Waals surface area contributed by atoms with Crippen LogP contribution in [0.3, 0.4) is 0 Å². The predicted molar refractivity (Wildman–Crippen MR) is 42.3 cm³/mol. The standard InChI is InChI=1S/C9H16O2/c10-9(5-7-1-2-7)8-3-4-11-6-8/h7-10H,1-6H2. The molecule has 1 saturated heterocycles. The van der Waals surface area contributed by atoms with Gasteiger partial charge in [0, 0.05) is 12.5 Å². The van der Waals surface area contributed by atoms with Gasteiger partial charge in [0.25, 0.3) is 0 Å². The Morgan fingerprint density at radius 2 is 2.18 bits per heavy atom. The van der Waals surface area contributed by atoms with Gasteiger partial charge in [-0.15, -0.1) is 0 Å². The van der Waals surface area contributed by atoms with Crippen molar-refractivity contribution in [3.05, 3.63) is 0 Å². The van der Waals surface area contributed by atoms with Gasteiger partial charge in [-0.3, -0.25) is 0 Å². The minimum Gasteiger partial charge on any atom is -0.393 e. The lowest BCUT2D eigenvalue weighted by molar-refractivity contribution is 0.0803. The Hall–Kier alpha value is -0.0800. The summed E-state index contributed by atoms with van der Waals surface area (Å²) < 4.78 is 5.22. The van der Waals surface area contributed by atoms with Gasteiger partial charge in [-0.2, -0.15) is 0 Å². The third-order valence-electron chi connectivity index (χ3n) is 2.78. The topological polar surface area (TPSA) is 29.5 Å². The first kappa shape index (κ1) is 7.56. The van der Waals surface area contributed by atoms with E-state index in [-0.39, 0.29) is 6.10 Å². The van der Waals surface area contributed by atoms with Crippen molar-refractivity contribution in [2.45, 2.75) is 31.8 Å². The van der Waals surface area contributed by atoms with Crippen LogP contribution in [-0.2, 0) is 4.74 Å². The van der Waals surface area contributed by atoms with Gasteiger partial charge in [-0.05, 0) is 18.8 Å². The normalized spacial score (nSPS) is 34.1. The number of hydrogen-bond acceptors (Lipinski definition) is 2. The zero-order valence-corrected chi connectivity index (χ0v) is 6.83. The molecule has 2 heteroatoms. The van der Waals surface area contributed by atoms with Crippen molar-refractivity contribution in [3.63, 3.8) is 0 Å². The van der Waals surface area contributed by atoms with Crippen molar-refractivity contribution < 1.29 is 9.84 Å². The molecule has 1 N–H and O–H groups in total. The Bertz CT molecular complexity index is 126.